The van der Waals surface area contributed by atoms with Gasteiger partial charge in [-0.05, 0) is 12.3 Å². The van der Waals surface area contributed by atoms with Crippen molar-refractivity contribution < 1.29 is 0 Å². The van der Waals surface area contributed by atoms with Gasteiger partial charge in [-0.25, -0.2) is 9.97 Å². The molecule has 0 aromatic carbocycles. The minimum absolute atomic E-state index is 0.558. The van der Waals surface area contributed by atoms with E-state index in [1.165, 1.54) is 12.7 Å². The van der Waals surface area contributed by atoms with Crippen molar-refractivity contribution in [3.8, 4) is 0 Å². The molecule has 1 fully saturated rings. The van der Waals surface area contributed by atoms with Gasteiger partial charge in [-0.3, -0.25) is 0 Å². The van der Waals surface area contributed by atoms with Crippen molar-refractivity contribution in [1.82, 2.24) is 9.97 Å². The van der Waals surface area contributed by atoms with E-state index in [9.17, 15) is 0 Å². The van der Waals surface area contributed by atoms with E-state index >= 15 is 0 Å². The first kappa shape index (κ1) is 7.34. The highest BCUT2D eigenvalue weighted by molar-refractivity contribution is 5.59. The number of hydrogen-bond acceptors (Lipinski definition) is 4. The third kappa shape index (κ3) is 1.32. The molecule has 4 nitrogen and oxygen atoms in total. The summed E-state index contributed by atoms with van der Waals surface area (Å²) >= 11 is 0. The Kier molecular flexibility index (Phi) is 1.60. The molecule has 1 aromatic rings. The van der Waals surface area contributed by atoms with Crippen LogP contribution < -0.4 is 11.1 Å². The number of nitrogens with two attached hydrogens (primary N) is 1. The van der Waals surface area contributed by atoms with Crippen LogP contribution in [0.2, 0.25) is 0 Å². The zero-order chi connectivity index (χ0) is 8.55. The smallest absolute Gasteiger partial charge is 0.152 e. The summed E-state index contributed by atoms with van der Waals surface area (Å²) in [7, 11) is 0. The van der Waals surface area contributed by atoms with Gasteiger partial charge in [0.15, 0.2) is 5.82 Å². The van der Waals surface area contributed by atoms with E-state index in [1.54, 1.807) is 6.20 Å². The summed E-state index contributed by atoms with van der Waals surface area (Å²) in [6.45, 7) is 2.20. The van der Waals surface area contributed by atoms with Crippen LogP contribution in [0.3, 0.4) is 0 Å². The van der Waals surface area contributed by atoms with E-state index < -0.39 is 0 Å². The third-order valence-corrected chi connectivity index (χ3v) is 2.17. The number of hydrogen-bond donors (Lipinski definition) is 2. The highest BCUT2D eigenvalue weighted by Gasteiger charge is 2.32. The van der Waals surface area contributed by atoms with Crippen molar-refractivity contribution in [2.24, 2.45) is 5.92 Å². The van der Waals surface area contributed by atoms with Gasteiger partial charge in [0.1, 0.15) is 6.33 Å². The average Bonchev–Trinajstić information content (AvgIpc) is 2.72. The van der Waals surface area contributed by atoms with Crippen LogP contribution in [-0.4, -0.2) is 16.0 Å². The fourth-order valence-corrected chi connectivity index (χ4v) is 1.16. The van der Waals surface area contributed by atoms with Crippen LogP contribution in [0, 0.1) is 5.92 Å². The molecule has 4 heteroatoms. The summed E-state index contributed by atoms with van der Waals surface area (Å²) in [6.07, 6.45) is 4.33. The second-order valence-corrected chi connectivity index (χ2v) is 3.29. The quantitative estimate of drug-likeness (QED) is 0.681. The Morgan fingerprint density at radius 2 is 2.42 bits per heavy atom. The van der Waals surface area contributed by atoms with Crippen LogP contribution in [0.4, 0.5) is 11.5 Å². The number of aromatic nitrogens is 2. The van der Waals surface area contributed by atoms with Crippen molar-refractivity contribution in [1.29, 1.82) is 0 Å². The molecule has 0 aliphatic heterocycles. The van der Waals surface area contributed by atoms with E-state index in [1.807, 2.05) is 0 Å². The standard InChI is InChI=1S/C8H12N4/c1-5-2-7(5)12-8-6(9)3-10-4-11-8/h3-5,7H,2,9H2,1H3,(H,10,11,12). The van der Waals surface area contributed by atoms with E-state index in [4.69, 9.17) is 5.73 Å². The van der Waals surface area contributed by atoms with Crippen LogP contribution in [0.25, 0.3) is 0 Å². The van der Waals surface area contributed by atoms with Gasteiger partial charge in [0.2, 0.25) is 0 Å². The maximum atomic E-state index is 5.65. The molecule has 1 heterocycles. The molecule has 2 rings (SSSR count). The summed E-state index contributed by atoms with van der Waals surface area (Å²) in [4.78, 5) is 7.86. The highest BCUT2D eigenvalue weighted by atomic mass is 15.1. The predicted octanol–water partition coefficient (Wildman–Crippen LogP) is 0.879. The molecule has 1 aromatic heterocycles. The number of nitrogens with zero attached hydrogens (tertiary/aromatic N) is 2. The maximum Gasteiger partial charge on any atom is 0.152 e. The zero-order valence-electron chi connectivity index (χ0n) is 6.99. The SMILES string of the molecule is CC1CC1Nc1ncncc1N. The number of nitrogen functional groups attached to an aromatic ring is 1. The van der Waals surface area contributed by atoms with Crippen LogP contribution in [-0.2, 0) is 0 Å². The fraction of sp³-hybridized carbons (Fsp3) is 0.500. The van der Waals surface area contributed by atoms with Crippen molar-refractivity contribution in [3.05, 3.63) is 12.5 Å². The first-order valence-corrected chi connectivity index (χ1v) is 4.09. The Hall–Kier alpha value is -1.32. The van der Waals surface area contributed by atoms with Crippen LogP contribution >= 0.6 is 0 Å². The first-order valence-electron chi connectivity index (χ1n) is 4.09. The van der Waals surface area contributed by atoms with Crippen LogP contribution in [0.15, 0.2) is 12.5 Å². The summed E-state index contributed by atoms with van der Waals surface area (Å²) in [5, 5.41) is 3.26. The van der Waals surface area contributed by atoms with Crippen molar-refractivity contribution in [2.45, 2.75) is 19.4 Å². The molecule has 2 unspecified atom stereocenters. The lowest BCUT2D eigenvalue weighted by Crippen LogP contribution is -2.07. The van der Waals surface area contributed by atoms with Gasteiger partial charge in [-0.15, -0.1) is 0 Å². The Morgan fingerprint density at radius 1 is 1.67 bits per heavy atom. The molecule has 0 spiro atoms. The topological polar surface area (TPSA) is 63.8 Å². The molecule has 3 N–H and O–H groups in total. The molecule has 1 saturated carbocycles. The summed E-state index contributed by atoms with van der Waals surface area (Å²) in [5.74, 6) is 1.51. The summed E-state index contributed by atoms with van der Waals surface area (Å²) in [6, 6.07) is 0.558. The lowest BCUT2D eigenvalue weighted by Gasteiger charge is -2.05. The van der Waals surface area contributed by atoms with E-state index in [-0.39, 0.29) is 0 Å². The average molecular weight is 164 g/mol. The lowest BCUT2D eigenvalue weighted by molar-refractivity contribution is 0.922. The Balaban J connectivity index is 2.08. The third-order valence-electron chi connectivity index (χ3n) is 2.17. The molecule has 0 bridgehead atoms. The number of nitrogens with one attached hydrogen (secondary N) is 1. The molecule has 0 amide bonds. The lowest BCUT2D eigenvalue weighted by atomic mass is 10.4. The predicted molar refractivity (Wildman–Crippen MR) is 47.6 cm³/mol. The van der Waals surface area contributed by atoms with Gasteiger partial charge in [0, 0.05) is 6.04 Å². The van der Waals surface area contributed by atoms with Gasteiger partial charge in [0.25, 0.3) is 0 Å². The number of rotatable bonds is 2. The minimum Gasteiger partial charge on any atom is -0.394 e. The van der Waals surface area contributed by atoms with Gasteiger partial charge in [-0.1, -0.05) is 6.92 Å². The van der Waals surface area contributed by atoms with Gasteiger partial charge in [-0.2, -0.15) is 0 Å². The minimum atomic E-state index is 0.558. The van der Waals surface area contributed by atoms with Crippen molar-refractivity contribution in [2.75, 3.05) is 11.1 Å². The summed E-state index contributed by atoms with van der Waals surface area (Å²) < 4.78 is 0. The molecular formula is C8H12N4. The molecule has 12 heavy (non-hydrogen) atoms. The molecular weight excluding hydrogens is 152 g/mol. The zero-order valence-corrected chi connectivity index (χ0v) is 6.99. The van der Waals surface area contributed by atoms with Gasteiger partial charge in [0.05, 0.1) is 11.9 Å². The second kappa shape index (κ2) is 2.62. The van der Waals surface area contributed by atoms with Crippen molar-refractivity contribution >= 4 is 11.5 Å². The highest BCUT2D eigenvalue weighted by Crippen LogP contribution is 2.33. The summed E-state index contributed by atoms with van der Waals surface area (Å²) in [5.41, 5.74) is 6.28. The Morgan fingerprint density at radius 3 is 3.00 bits per heavy atom. The largest absolute Gasteiger partial charge is 0.394 e. The molecule has 1 aliphatic rings. The van der Waals surface area contributed by atoms with E-state index in [0.717, 1.165) is 11.7 Å². The molecule has 2 atom stereocenters. The Bertz CT molecular complexity index is 286. The van der Waals surface area contributed by atoms with E-state index in [2.05, 4.69) is 22.2 Å². The van der Waals surface area contributed by atoms with Gasteiger partial charge >= 0.3 is 0 Å². The molecule has 0 saturated heterocycles. The van der Waals surface area contributed by atoms with Crippen LogP contribution in [0.5, 0.6) is 0 Å². The Labute approximate surface area is 71.2 Å². The fourth-order valence-electron chi connectivity index (χ4n) is 1.16. The van der Waals surface area contributed by atoms with E-state index in [0.29, 0.717) is 11.7 Å². The monoisotopic (exact) mass is 164 g/mol. The molecule has 1 aliphatic carbocycles. The van der Waals surface area contributed by atoms with Gasteiger partial charge < -0.3 is 11.1 Å². The number of anilines is 2. The first-order chi connectivity index (χ1) is 5.77. The molecule has 64 valence electrons. The second-order valence-electron chi connectivity index (χ2n) is 3.29. The normalized spacial score (nSPS) is 26.8. The molecule has 0 radical (unpaired) electrons. The maximum absolute atomic E-state index is 5.65. The van der Waals surface area contributed by atoms with Crippen LogP contribution in [0.1, 0.15) is 13.3 Å². The van der Waals surface area contributed by atoms with Crippen molar-refractivity contribution in [3.63, 3.8) is 0 Å².